The molecule has 0 fully saturated rings. The molecule has 0 spiro atoms. The van der Waals surface area contributed by atoms with Crippen LogP contribution in [0.2, 0.25) is 0 Å². The lowest BCUT2D eigenvalue weighted by Crippen LogP contribution is -2.35. The summed E-state index contributed by atoms with van der Waals surface area (Å²) in [4.78, 5) is 0. The largest absolute Gasteiger partial charge is 0.491 e. The van der Waals surface area contributed by atoms with E-state index >= 15 is 0 Å². The fourth-order valence-corrected chi connectivity index (χ4v) is 2.55. The highest BCUT2D eigenvalue weighted by Crippen LogP contribution is 2.32. The van der Waals surface area contributed by atoms with E-state index in [1.165, 1.54) is 6.07 Å². The van der Waals surface area contributed by atoms with Crippen molar-refractivity contribution in [3.8, 4) is 5.75 Å². The van der Waals surface area contributed by atoms with Crippen LogP contribution in [0.3, 0.4) is 0 Å². The van der Waals surface area contributed by atoms with Gasteiger partial charge in [-0.25, -0.2) is 4.39 Å². The lowest BCUT2D eigenvalue weighted by Gasteiger charge is -2.27. The maximum absolute atomic E-state index is 13.9. The molecule has 1 unspecified atom stereocenters. The van der Waals surface area contributed by atoms with Crippen molar-refractivity contribution in [2.75, 3.05) is 0 Å². The van der Waals surface area contributed by atoms with Crippen molar-refractivity contribution in [1.82, 2.24) is 0 Å². The van der Waals surface area contributed by atoms with E-state index in [9.17, 15) is 8.78 Å². The molecular formula is C14H19BF2O3. The molecule has 1 aliphatic rings. The van der Waals surface area contributed by atoms with Crippen molar-refractivity contribution in [3.05, 3.63) is 23.3 Å². The first-order chi connectivity index (χ1) is 9.54. The van der Waals surface area contributed by atoms with Crippen LogP contribution in [0.25, 0.3) is 0 Å². The fraction of sp³-hybridized carbons (Fsp3) is 0.571. The molecule has 1 aromatic rings. The van der Waals surface area contributed by atoms with Gasteiger partial charge in [0.1, 0.15) is 0 Å². The van der Waals surface area contributed by atoms with Crippen LogP contribution in [0.5, 0.6) is 5.75 Å². The van der Waals surface area contributed by atoms with Crippen molar-refractivity contribution in [2.24, 2.45) is 0 Å². The van der Waals surface area contributed by atoms with Crippen LogP contribution in [0.4, 0.5) is 8.78 Å². The van der Waals surface area contributed by atoms with Crippen LogP contribution in [0.1, 0.15) is 44.6 Å². The van der Waals surface area contributed by atoms with Crippen LogP contribution in [0.15, 0.2) is 6.07 Å². The van der Waals surface area contributed by atoms with E-state index in [0.717, 1.165) is 32.1 Å². The molecule has 20 heavy (non-hydrogen) atoms. The van der Waals surface area contributed by atoms with Gasteiger partial charge >= 0.3 is 7.12 Å². The molecule has 0 saturated carbocycles. The Labute approximate surface area is 117 Å². The van der Waals surface area contributed by atoms with Gasteiger partial charge in [0.25, 0.3) is 0 Å². The molecule has 1 heterocycles. The van der Waals surface area contributed by atoms with Gasteiger partial charge in [-0.2, -0.15) is 4.39 Å². The van der Waals surface area contributed by atoms with Gasteiger partial charge in [0, 0.05) is 5.46 Å². The number of hydrogen-bond acceptors (Lipinski definition) is 3. The lowest BCUT2D eigenvalue weighted by molar-refractivity contribution is 0.151. The van der Waals surface area contributed by atoms with Crippen LogP contribution >= 0.6 is 0 Å². The molecule has 1 aliphatic heterocycles. The minimum Gasteiger partial charge on any atom is -0.487 e. The summed E-state index contributed by atoms with van der Waals surface area (Å²) in [5.41, 5.74) is 0.0630. The highest BCUT2D eigenvalue weighted by Gasteiger charge is 2.29. The summed E-state index contributed by atoms with van der Waals surface area (Å²) in [6.07, 6.45) is 5.25. The Balaban J connectivity index is 2.18. The van der Waals surface area contributed by atoms with E-state index in [1.807, 2.05) is 0 Å². The maximum Gasteiger partial charge on any atom is 0.491 e. The van der Waals surface area contributed by atoms with Gasteiger partial charge in [0.15, 0.2) is 11.6 Å². The Morgan fingerprint density at radius 2 is 2.05 bits per heavy atom. The standard InChI is InChI=1S/C14H19BF2O3/c1-2-3-4-5-10-7-6-9-8-11(15(18)19)12(16)13(17)14(9)20-10/h8,10,18-19H,2-7H2,1H3. The molecule has 110 valence electrons. The summed E-state index contributed by atoms with van der Waals surface area (Å²) >= 11 is 0. The summed E-state index contributed by atoms with van der Waals surface area (Å²) in [5, 5.41) is 18.1. The second kappa shape index (κ2) is 6.54. The predicted molar refractivity (Wildman–Crippen MR) is 73.1 cm³/mol. The number of fused-ring (bicyclic) bond motifs is 1. The van der Waals surface area contributed by atoms with E-state index in [1.54, 1.807) is 0 Å². The zero-order valence-corrected chi connectivity index (χ0v) is 11.5. The topological polar surface area (TPSA) is 49.7 Å². The minimum absolute atomic E-state index is 0.0698. The average Bonchev–Trinajstić information content (AvgIpc) is 2.43. The Morgan fingerprint density at radius 3 is 2.70 bits per heavy atom. The van der Waals surface area contributed by atoms with Gasteiger partial charge in [-0.3, -0.25) is 0 Å². The molecule has 1 atom stereocenters. The smallest absolute Gasteiger partial charge is 0.487 e. The second-order valence-electron chi connectivity index (χ2n) is 5.23. The SMILES string of the molecule is CCCCCC1CCc2cc(B(O)O)c(F)c(F)c2O1. The summed E-state index contributed by atoms with van der Waals surface area (Å²) in [6.45, 7) is 2.10. The molecule has 0 amide bonds. The third kappa shape index (κ3) is 3.12. The van der Waals surface area contributed by atoms with E-state index in [-0.39, 0.29) is 11.9 Å². The van der Waals surface area contributed by atoms with Crippen molar-refractivity contribution in [1.29, 1.82) is 0 Å². The lowest BCUT2D eigenvalue weighted by atomic mass is 9.78. The number of halogens is 2. The highest BCUT2D eigenvalue weighted by molar-refractivity contribution is 6.58. The number of ether oxygens (including phenoxy) is 1. The van der Waals surface area contributed by atoms with Crippen molar-refractivity contribution < 1.29 is 23.6 Å². The molecule has 3 nitrogen and oxygen atoms in total. The molecule has 2 N–H and O–H groups in total. The summed E-state index contributed by atoms with van der Waals surface area (Å²) in [7, 11) is -2.02. The molecule has 0 bridgehead atoms. The first-order valence-electron chi connectivity index (χ1n) is 7.08. The third-order valence-electron chi connectivity index (χ3n) is 3.69. The van der Waals surface area contributed by atoms with Crippen molar-refractivity contribution in [2.45, 2.75) is 51.6 Å². The third-order valence-corrected chi connectivity index (χ3v) is 3.69. The first-order valence-corrected chi connectivity index (χ1v) is 7.08. The minimum atomic E-state index is -2.02. The molecule has 1 aromatic carbocycles. The molecule has 0 saturated heterocycles. The Morgan fingerprint density at radius 1 is 1.30 bits per heavy atom. The van der Waals surface area contributed by atoms with Gasteiger partial charge in [0.2, 0.25) is 5.82 Å². The number of benzene rings is 1. The quantitative estimate of drug-likeness (QED) is 0.641. The molecule has 2 rings (SSSR count). The van der Waals surface area contributed by atoms with Crippen LogP contribution in [-0.2, 0) is 6.42 Å². The summed E-state index contributed by atoms with van der Waals surface area (Å²) in [6, 6.07) is 1.28. The normalized spacial score (nSPS) is 17.6. The van der Waals surface area contributed by atoms with E-state index in [0.29, 0.717) is 12.0 Å². The molecule has 0 radical (unpaired) electrons. The molecule has 0 aliphatic carbocycles. The molecule has 0 aromatic heterocycles. The number of rotatable bonds is 5. The van der Waals surface area contributed by atoms with E-state index < -0.39 is 24.2 Å². The zero-order valence-electron chi connectivity index (χ0n) is 11.5. The summed E-state index contributed by atoms with van der Waals surface area (Å²) < 4.78 is 33.2. The van der Waals surface area contributed by atoms with Gasteiger partial charge in [0.05, 0.1) is 6.10 Å². The zero-order chi connectivity index (χ0) is 14.7. The monoisotopic (exact) mass is 284 g/mol. The van der Waals surface area contributed by atoms with Crippen molar-refractivity contribution >= 4 is 12.6 Å². The average molecular weight is 284 g/mol. The van der Waals surface area contributed by atoms with Crippen LogP contribution < -0.4 is 10.2 Å². The highest BCUT2D eigenvalue weighted by atomic mass is 19.2. The number of hydrogen-bond donors (Lipinski definition) is 2. The predicted octanol–water partition coefficient (Wildman–Crippen LogP) is 1.92. The number of unbranched alkanes of at least 4 members (excludes halogenated alkanes) is 2. The first kappa shape index (κ1) is 15.3. The fourth-order valence-electron chi connectivity index (χ4n) is 2.55. The van der Waals surface area contributed by atoms with E-state index in [4.69, 9.17) is 14.8 Å². The Kier molecular flexibility index (Phi) is 4.99. The Hall–Kier alpha value is -1.14. The molecule has 6 heteroatoms. The molecular weight excluding hydrogens is 265 g/mol. The van der Waals surface area contributed by atoms with Gasteiger partial charge < -0.3 is 14.8 Å². The van der Waals surface area contributed by atoms with Gasteiger partial charge in [-0.15, -0.1) is 0 Å². The van der Waals surface area contributed by atoms with Gasteiger partial charge in [-0.1, -0.05) is 25.8 Å². The van der Waals surface area contributed by atoms with Gasteiger partial charge in [-0.05, 0) is 31.2 Å². The second-order valence-corrected chi connectivity index (χ2v) is 5.23. The van der Waals surface area contributed by atoms with Crippen LogP contribution in [0, 0.1) is 11.6 Å². The van der Waals surface area contributed by atoms with Crippen LogP contribution in [-0.4, -0.2) is 23.3 Å². The summed E-state index contributed by atoms with van der Waals surface area (Å²) in [5.74, 6) is -2.43. The number of aryl methyl sites for hydroxylation is 1. The van der Waals surface area contributed by atoms with Crippen molar-refractivity contribution in [3.63, 3.8) is 0 Å². The Bertz CT molecular complexity index is 480. The van der Waals surface area contributed by atoms with E-state index in [2.05, 4.69) is 6.92 Å². The maximum atomic E-state index is 13.9.